The van der Waals surface area contributed by atoms with Gasteiger partial charge in [-0.15, -0.1) is 0 Å². The molecule has 1 rings (SSSR count). The molecule has 0 aromatic heterocycles. The van der Waals surface area contributed by atoms with Gasteiger partial charge < -0.3 is 9.11 Å². The maximum absolute atomic E-state index is 10.4. The summed E-state index contributed by atoms with van der Waals surface area (Å²) in [6.07, 6.45) is 0. The van der Waals surface area contributed by atoms with Gasteiger partial charge in [0.1, 0.15) is 0 Å². The van der Waals surface area contributed by atoms with Crippen LogP contribution in [0, 0.1) is 0 Å². The van der Waals surface area contributed by atoms with Crippen LogP contribution in [0.1, 0.15) is 0 Å². The van der Waals surface area contributed by atoms with Crippen LogP contribution in [0.2, 0.25) is 0 Å². The van der Waals surface area contributed by atoms with Crippen molar-refractivity contribution in [3.8, 4) is 0 Å². The Balaban J connectivity index is 0. The average molecular weight is 250 g/mol. The first-order chi connectivity index (χ1) is 5.61. The van der Waals surface area contributed by atoms with E-state index in [4.69, 9.17) is 0 Å². The van der Waals surface area contributed by atoms with Gasteiger partial charge in [0.25, 0.3) is 0 Å². The maximum Gasteiger partial charge on any atom is 1.00 e. The van der Waals surface area contributed by atoms with Gasteiger partial charge in [-0.1, -0.05) is 6.07 Å². The van der Waals surface area contributed by atoms with Crippen molar-refractivity contribution in [2.24, 2.45) is 0 Å². The normalized spacial score (nSPS) is 13.3. The Morgan fingerprint density at radius 1 is 0.929 bits per heavy atom. The Kier molecular flexibility index (Phi) is 10.9. The van der Waals surface area contributed by atoms with Gasteiger partial charge in [-0.25, -0.2) is 0 Å². The summed E-state index contributed by atoms with van der Waals surface area (Å²) in [5, 5.41) is 0. The molecule has 66 valence electrons. The van der Waals surface area contributed by atoms with E-state index in [9.17, 15) is 17.5 Å². The van der Waals surface area contributed by atoms with Crippen LogP contribution in [0.15, 0.2) is 34.1 Å². The smallest absolute Gasteiger partial charge is 0.768 e. The van der Waals surface area contributed by atoms with Gasteiger partial charge in [-0.05, 0) is 40.4 Å². The summed E-state index contributed by atoms with van der Waals surface area (Å²) in [5.74, 6) is 0. The van der Waals surface area contributed by atoms with E-state index >= 15 is 0 Å². The van der Waals surface area contributed by atoms with Crippen LogP contribution in [0.4, 0.5) is 0 Å². The molecule has 0 aliphatic carbocycles. The van der Waals surface area contributed by atoms with Gasteiger partial charge in [0, 0.05) is 9.79 Å². The fraction of sp³-hybridized carbons (Fsp3) is 0. The molecule has 1 aromatic carbocycles. The number of hydrogen-bond acceptors (Lipinski definition) is 4. The predicted molar refractivity (Wildman–Crippen MR) is 40.8 cm³/mol. The third-order valence-electron chi connectivity index (χ3n) is 1.19. The molecule has 2 unspecified atom stereocenters. The van der Waals surface area contributed by atoms with Crippen LogP contribution in [0.5, 0.6) is 0 Å². The topological polar surface area (TPSA) is 80.3 Å². The van der Waals surface area contributed by atoms with Crippen LogP contribution >= 0.6 is 0 Å². The summed E-state index contributed by atoms with van der Waals surface area (Å²) in [4.78, 5) is -0.0617. The predicted octanol–water partition coefficient (Wildman–Crippen LogP) is -5.83. The van der Waals surface area contributed by atoms with Crippen LogP contribution < -0.4 is 59.1 Å². The largest absolute Gasteiger partial charge is 1.00 e. The van der Waals surface area contributed by atoms with Crippen LogP contribution in [0.3, 0.4) is 0 Å². The third-order valence-corrected chi connectivity index (χ3v) is 2.47. The van der Waals surface area contributed by atoms with Gasteiger partial charge in [0.05, 0.1) is 0 Å². The zero-order chi connectivity index (χ0) is 9.14. The minimum Gasteiger partial charge on any atom is -0.768 e. The average Bonchev–Trinajstić information content (AvgIpc) is 2.04. The molecule has 2 atom stereocenters. The number of rotatable bonds is 2. The van der Waals surface area contributed by atoms with E-state index in [0.29, 0.717) is 0 Å². The first kappa shape index (κ1) is 17.8. The number of hydrogen-bond donors (Lipinski definition) is 0. The fourth-order valence-corrected chi connectivity index (χ4v) is 1.58. The Bertz CT molecular complexity index is 315. The molecule has 0 spiro atoms. The zero-order valence-corrected chi connectivity index (χ0v) is 13.4. The number of benzene rings is 1. The molecule has 14 heavy (non-hydrogen) atoms. The molecule has 0 N–H and O–H groups in total. The second-order valence-corrected chi connectivity index (χ2v) is 3.83. The third kappa shape index (κ3) is 5.50. The molecule has 0 heterocycles. The molecule has 0 saturated heterocycles. The molecule has 0 aliphatic heterocycles. The maximum atomic E-state index is 10.4. The van der Waals surface area contributed by atoms with Crippen molar-refractivity contribution >= 4 is 22.2 Å². The molecule has 4 nitrogen and oxygen atoms in total. The van der Waals surface area contributed by atoms with Crippen molar-refractivity contribution in [1.82, 2.24) is 0 Å². The summed E-state index contributed by atoms with van der Waals surface area (Å²) in [5.41, 5.74) is 0. The van der Waals surface area contributed by atoms with E-state index in [-0.39, 0.29) is 68.9 Å². The minimum atomic E-state index is -2.38. The van der Waals surface area contributed by atoms with Crippen molar-refractivity contribution < 1.29 is 76.6 Å². The summed E-state index contributed by atoms with van der Waals surface area (Å²) in [6.45, 7) is 0. The minimum absolute atomic E-state index is 0. The van der Waals surface area contributed by atoms with E-state index in [1.165, 1.54) is 18.2 Å². The molecule has 8 heteroatoms. The van der Waals surface area contributed by atoms with Gasteiger partial charge in [0.15, 0.2) is 0 Å². The van der Waals surface area contributed by atoms with E-state index in [0.717, 1.165) is 6.07 Å². The second-order valence-electron chi connectivity index (χ2n) is 1.94. The first-order valence-electron chi connectivity index (χ1n) is 2.90. The Morgan fingerprint density at radius 3 is 1.57 bits per heavy atom. The van der Waals surface area contributed by atoms with Gasteiger partial charge >= 0.3 is 59.1 Å². The second kappa shape index (κ2) is 8.58. The molecular weight excluding hydrogens is 246 g/mol. The van der Waals surface area contributed by atoms with Crippen molar-refractivity contribution in [3.63, 3.8) is 0 Å². The quantitative estimate of drug-likeness (QED) is 0.387. The van der Waals surface area contributed by atoms with E-state index in [1.54, 1.807) is 0 Å². The molecule has 0 fully saturated rings. The van der Waals surface area contributed by atoms with Crippen molar-refractivity contribution in [2.75, 3.05) is 0 Å². The van der Waals surface area contributed by atoms with E-state index < -0.39 is 22.2 Å². The summed E-state index contributed by atoms with van der Waals surface area (Å²) in [6, 6.07) is 5.10. The van der Waals surface area contributed by atoms with Gasteiger partial charge in [-0.2, -0.15) is 0 Å². The molecule has 0 aliphatic rings. The van der Waals surface area contributed by atoms with Gasteiger partial charge in [0.2, 0.25) is 0 Å². The summed E-state index contributed by atoms with van der Waals surface area (Å²) in [7, 11) is 0. The fourth-order valence-electron chi connectivity index (χ4n) is 0.682. The van der Waals surface area contributed by atoms with Crippen molar-refractivity contribution in [1.29, 1.82) is 0 Å². The molecule has 0 saturated carbocycles. The molecular formula is C6H4Na2O4S2. The molecule has 1 aromatic rings. The molecule has 0 amide bonds. The SMILES string of the molecule is O=S([O-])c1cccc(S(=O)[O-])c1.[Na+].[Na+]. The summed E-state index contributed by atoms with van der Waals surface area (Å²) < 4.78 is 41.5. The van der Waals surface area contributed by atoms with Crippen molar-refractivity contribution in [2.45, 2.75) is 9.79 Å². The van der Waals surface area contributed by atoms with Gasteiger partial charge in [-0.3, -0.25) is 8.42 Å². The Hall–Kier alpha value is 1.44. The van der Waals surface area contributed by atoms with Crippen LogP contribution in [-0.4, -0.2) is 17.5 Å². The Morgan fingerprint density at radius 2 is 1.29 bits per heavy atom. The molecule has 0 radical (unpaired) electrons. The molecule has 0 bridgehead atoms. The monoisotopic (exact) mass is 250 g/mol. The van der Waals surface area contributed by atoms with E-state index in [1.807, 2.05) is 0 Å². The van der Waals surface area contributed by atoms with Crippen LogP contribution in [-0.2, 0) is 22.2 Å². The first-order valence-corrected chi connectivity index (χ1v) is 5.05. The zero-order valence-electron chi connectivity index (χ0n) is 7.76. The summed E-state index contributed by atoms with van der Waals surface area (Å²) >= 11 is -4.76. The Labute approximate surface area is 131 Å². The standard InChI is InChI=1S/C6H6O4S2.2Na/c7-11(8)5-2-1-3-6(4-5)12(9)10;;/h1-4H,(H,7,8)(H,9,10);;/q;2*+1/p-2. The van der Waals surface area contributed by atoms with Crippen LogP contribution in [0.25, 0.3) is 0 Å². The van der Waals surface area contributed by atoms with Crippen molar-refractivity contribution in [3.05, 3.63) is 24.3 Å². The van der Waals surface area contributed by atoms with E-state index in [2.05, 4.69) is 0 Å².